The van der Waals surface area contributed by atoms with Gasteiger partial charge in [0.15, 0.2) is 0 Å². The lowest BCUT2D eigenvalue weighted by molar-refractivity contribution is 0.0695. The normalized spacial score (nSPS) is 10.2. The molecule has 0 atom stereocenters. The van der Waals surface area contributed by atoms with Crippen molar-refractivity contribution in [3.8, 4) is 0 Å². The molecule has 2 aromatic rings. The first-order valence-corrected chi connectivity index (χ1v) is 6.30. The highest BCUT2D eigenvalue weighted by Gasteiger charge is 2.13. The van der Waals surface area contributed by atoms with Gasteiger partial charge in [0.1, 0.15) is 5.82 Å². The summed E-state index contributed by atoms with van der Waals surface area (Å²) in [6.07, 6.45) is 0. The molecule has 0 aliphatic heterocycles. The molecule has 108 valence electrons. The predicted molar refractivity (Wildman–Crippen MR) is 77.2 cm³/mol. The van der Waals surface area contributed by atoms with Crippen LogP contribution in [-0.4, -0.2) is 17.0 Å². The number of nitrogens with one attached hydrogen (secondary N) is 1. The predicted octanol–water partition coefficient (Wildman–Crippen LogP) is 3.39. The molecule has 0 radical (unpaired) electrons. The average Bonchev–Trinajstić information content (AvgIpc) is 2.43. The quantitative estimate of drug-likeness (QED) is 0.909. The fourth-order valence-corrected chi connectivity index (χ4v) is 1.98. The Morgan fingerprint density at radius 2 is 1.86 bits per heavy atom. The highest BCUT2D eigenvalue weighted by Crippen LogP contribution is 2.20. The number of carbonyl (C=O) groups excluding carboxylic acids is 1. The summed E-state index contributed by atoms with van der Waals surface area (Å²) in [6.45, 7) is 3.19. The van der Waals surface area contributed by atoms with E-state index in [1.165, 1.54) is 24.3 Å². The van der Waals surface area contributed by atoms with Crippen LogP contribution >= 0.6 is 0 Å². The minimum absolute atomic E-state index is 0.128. The Bertz CT molecular complexity index is 725. The summed E-state index contributed by atoms with van der Waals surface area (Å²) in [6, 6.07) is 8.70. The van der Waals surface area contributed by atoms with E-state index in [9.17, 15) is 14.0 Å². The number of benzene rings is 2. The number of carbonyl (C=O) groups is 2. The molecule has 0 fully saturated rings. The Morgan fingerprint density at radius 3 is 2.48 bits per heavy atom. The molecule has 4 nitrogen and oxygen atoms in total. The van der Waals surface area contributed by atoms with Crippen LogP contribution < -0.4 is 5.32 Å². The fourth-order valence-electron chi connectivity index (χ4n) is 1.98. The monoisotopic (exact) mass is 287 g/mol. The van der Waals surface area contributed by atoms with Crippen molar-refractivity contribution in [2.24, 2.45) is 0 Å². The van der Waals surface area contributed by atoms with Gasteiger partial charge < -0.3 is 10.4 Å². The highest BCUT2D eigenvalue weighted by molar-refractivity contribution is 6.05. The third-order valence-electron chi connectivity index (χ3n) is 3.23. The van der Waals surface area contributed by atoms with Crippen LogP contribution in [0.1, 0.15) is 31.8 Å². The average molecular weight is 287 g/mol. The molecule has 0 heterocycles. The van der Waals surface area contributed by atoms with Crippen LogP contribution in [0.4, 0.5) is 10.1 Å². The van der Waals surface area contributed by atoms with Crippen molar-refractivity contribution in [1.29, 1.82) is 0 Å². The molecule has 0 unspecified atom stereocenters. The molecule has 2 rings (SSSR count). The van der Waals surface area contributed by atoms with Crippen LogP contribution in [0, 0.1) is 19.7 Å². The minimum Gasteiger partial charge on any atom is -0.478 e. The molecule has 0 saturated carbocycles. The molecule has 0 aliphatic rings. The summed E-state index contributed by atoms with van der Waals surface area (Å²) in [5, 5.41) is 11.7. The van der Waals surface area contributed by atoms with E-state index >= 15 is 0 Å². The van der Waals surface area contributed by atoms with E-state index in [1.54, 1.807) is 26.0 Å². The van der Waals surface area contributed by atoms with E-state index in [0.29, 0.717) is 22.4 Å². The molecule has 0 saturated heterocycles. The second-order valence-corrected chi connectivity index (χ2v) is 4.70. The number of carboxylic acid groups (broad SMARTS) is 1. The second-order valence-electron chi connectivity index (χ2n) is 4.70. The number of hydrogen-bond acceptors (Lipinski definition) is 2. The molecule has 0 aliphatic carbocycles. The summed E-state index contributed by atoms with van der Waals surface area (Å²) < 4.78 is 13.2. The molecule has 1 amide bonds. The first kappa shape index (κ1) is 14.7. The van der Waals surface area contributed by atoms with Crippen molar-refractivity contribution in [3.05, 3.63) is 64.5 Å². The van der Waals surface area contributed by atoms with Crippen molar-refractivity contribution >= 4 is 17.6 Å². The smallest absolute Gasteiger partial charge is 0.336 e. The van der Waals surface area contributed by atoms with Gasteiger partial charge in [-0.3, -0.25) is 4.79 Å². The zero-order valence-electron chi connectivity index (χ0n) is 11.6. The summed E-state index contributed by atoms with van der Waals surface area (Å²) in [5.74, 6) is -1.85. The molecule has 2 aromatic carbocycles. The summed E-state index contributed by atoms with van der Waals surface area (Å²) in [7, 11) is 0. The van der Waals surface area contributed by atoms with Crippen molar-refractivity contribution in [2.75, 3.05) is 5.32 Å². The first-order chi connectivity index (χ1) is 9.90. The fraction of sp³-hybridized carbons (Fsp3) is 0.125. The van der Waals surface area contributed by atoms with Gasteiger partial charge in [0, 0.05) is 11.3 Å². The zero-order chi connectivity index (χ0) is 15.6. The molecule has 0 spiro atoms. The van der Waals surface area contributed by atoms with Gasteiger partial charge in [0.25, 0.3) is 5.91 Å². The maximum absolute atomic E-state index is 13.2. The first-order valence-electron chi connectivity index (χ1n) is 6.30. The van der Waals surface area contributed by atoms with Crippen LogP contribution in [0.3, 0.4) is 0 Å². The molecule has 21 heavy (non-hydrogen) atoms. The van der Waals surface area contributed by atoms with E-state index in [2.05, 4.69) is 5.32 Å². The maximum Gasteiger partial charge on any atom is 0.336 e. The van der Waals surface area contributed by atoms with Gasteiger partial charge in [-0.25, -0.2) is 9.18 Å². The van der Waals surface area contributed by atoms with Gasteiger partial charge in [-0.15, -0.1) is 0 Å². The number of aromatic carboxylic acids is 1. The van der Waals surface area contributed by atoms with Crippen molar-refractivity contribution < 1.29 is 19.1 Å². The number of halogens is 1. The number of amides is 1. The van der Waals surface area contributed by atoms with E-state index < -0.39 is 11.9 Å². The largest absolute Gasteiger partial charge is 0.478 e. The van der Waals surface area contributed by atoms with Crippen LogP contribution in [-0.2, 0) is 0 Å². The lowest BCUT2D eigenvalue weighted by atomic mass is 10.1. The van der Waals surface area contributed by atoms with E-state index in [1.807, 2.05) is 0 Å². The Hall–Kier alpha value is -2.69. The van der Waals surface area contributed by atoms with E-state index in [4.69, 9.17) is 5.11 Å². The third kappa shape index (κ3) is 3.08. The third-order valence-corrected chi connectivity index (χ3v) is 3.23. The van der Waals surface area contributed by atoms with Crippen molar-refractivity contribution in [2.45, 2.75) is 13.8 Å². The highest BCUT2D eigenvalue weighted by atomic mass is 19.1. The van der Waals surface area contributed by atoms with Gasteiger partial charge in [-0.05, 0) is 55.3 Å². The number of aryl methyl sites for hydroxylation is 1. The Kier molecular flexibility index (Phi) is 4.03. The van der Waals surface area contributed by atoms with Crippen LogP contribution in [0.25, 0.3) is 0 Å². The number of anilines is 1. The van der Waals surface area contributed by atoms with Crippen molar-refractivity contribution in [3.63, 3.8) is 0 Å². The van der Waals surface area contributed by atoms with Crippen LogP contribution in [0.2, 0.25) is 0 Å². The number of carboxylic acids is 1. The van der Waals surface area contributed by atoms with Crippen molar-refractivity contribution in [1.82, 2.24) is 0 Å². The molecule has 0 aromatic heterocycles. The maximum atomic E-state index is 13.2. The Balaban J connectivity index is 2.29. The second kappa shape index (κ2) is 5.75. The number of rotatable bonds is 3. The zero-order valence-corrected chi connectivity index (χ0v) is 11.6. The van der Waals surface area contributed by atoms with Crippen LogP contribution in [0.15, 0.2) is 36.4 Å². The Labute approximate surface area is 121 Å². The van der Waals surface area contributed by atoms with E-state index in [0.717, 1.165) is 0 Å². The lowest BCUT2D eigenvalue weighted by Crippen LogP contribution is -2.14. The van der Waals surface area contributed by atoms with Gasteiger partial charge >= 0.3 is 5.97 Å². The van der Waals surface area contributed by atoms with Gasteiger partial charge in [0.2, 0.25) is 0 Å². The molecular formula is C16H14FNO3. The topological polar surface area (TPSA) is 66.4 Å². The van der Waals surface area contributed by atoms with Gasteiger partial charge in [-0.2, -0.15) is 0 Å². The minimum atomic E-state index is -1.05. The van der Waals surface area contributed by atoms with Gasteiger partial charge in [0.05, 0.1) is 5.56 Å². The SMILES string of the molecule is Cc1cc(C(=O)Nc2cccc(C(=O)O)c2C)ccc1F. The molecule has 2 N–H and O–H groups in total. The molecular weight excluding hydrogens is 273 g/mol. The van der Waals surface area contributed by atoms with Crippen LogP contribution in [0.5, 0.6) is 0 Å². The Morgan fingerprint density at radius 1 is 1.14 bits per heavy atom. The number of hydrogen-bond donors (Lipinski definition) is 2. The molecule has 5 heteroatoms. The summed E-state index contributed by atoms with van der Waals surface area (Å²) in [4.78, 5) is 23.2. The van der Waals surface area contributed by atoms with E-state index in [-0.39, 0.29) is 11.4 Å². The summed E-state index contributed by atoms with van der Waals surface area (Å²) in [5.41, 5.74) is 1.70. The lowest BCUT2D eigenvalue weighted by Gasteiger charge is -2.11. The van der Waals surface area contributed by atoms with Gasteiger partial charge in [-0.1, -0.05) is 6.07 Å². The molecule has 0 bridgehead atoms. The standard InChI is InChI=1S/C16H14FNO3/c1-9-8-11(6-7-13(9)17)15(19)18-14-5-3-4-12(10(14)2)16(20)21/h3-8H,1-2H3,(H,18,19)(H,20,21). The summed E-state index contributed by atoms with van der Waals surface area (Å²) >= 11 is 0.